The standard InChI is InChI=1S/C23H29ClN6O2/c1-14(31)29-6-4-23(5-7-29)10-19(23)27-21(32)28-20-8-15(17(24)12-25-20)16-11-26-30-13-22(2,3)9-18(16)30/h8,11-12,19H,4-7,9-10,13H2,1-3H3,(H2,25,27,28,32)/t19-/m1/s1. The van der Waals surface area contributed by atoms with E-state index >= 15 is 0 Å². The number of amides is 3. The minimum atomic E-state index is -0.261. The predicted molar refractivity (Wildman–Crippen MR) is 122 cm³/mol. The number of nitrogens with zero attached hydrogens (tertiary/aromatic N) is 4. The Hall–Kier alpha value is -2.61. The molecular formula is C23H29ClN6O2. The van der Waals surface area contributed by atoms with Crippen molar-refractivity contribution in [3.8, 4) is 11.1 Å². The summed E-state index contributed by atoms with van der Waals surface area (Å²) in [4.78, 5) is 30.4. The molecular weight excluding hydrogens is 428 g/mol. The molecule has 2 fully saturated rings. The first-order valence-electron chi connectivity index (χ1n) is 11.2. The Labute approximate surface area is 192 Å². The first-order valence-corrected chi connectivity index (χ1v) is 11.6. The lowest BCUT2D eigenvalue weighted by Crippen LogP contribution is -2.41. The fraction of sp³-hybridized carbons (Fsp3) is 0.565. The van der Waals surface area contributed by atoms with Crippen LogP contribution in [0.4, 0.5) is 10.6 Å². The van der Waals surface area contributed by atoms with Crippen LogP contribution in [0, 0.1) is 10.8 Å². The molecule has 1 aliphatic carbocycles. The lowest BCUT2D eigenvalue weighted by Gasteiger charge is -2.32. The van der Waals surface area contributed by atoms with Crippen molar-refractivity contribution < 1.29 is 9.59 Å². The Morgan fingerprint density at radius 1 is 1.19 bits per heavy atom. The zero-order valence-corrected chi connectivity index (χ0v) is 19.5. The number of rotatable bonds is 3. The Morgan fingerprint density at radius 2 is 1.94 bits per heavy atom. The number of carbonyl (C=O) groups is 2. The molecule has 3 aliphatic rings. The summed E-state index contributed by atoms with van der Waals surface area (Å²) in [5.41, 5.74) is 3.28. The van der Waals surface area contributed by atoms with E-state index in [1.54, 1.807) is 13.1 Å². The van der Waals surface area contributed by atoms with E-state index in [1.165, 1.54) is 0 Å². The molecule has 4 heterocycles. The zero-order chi connectivity index (χ0) is 22.7. The molecule has 9 heteroatoms. The molecule has 1 atom stereocenters. The van der Waals surface area contributed by atoms with Crippen molar-refractivity contribution in [3.05, 3.63) is 29.2 Å². The Balaban J connectivity index is 1.24. The van der Waals surface area contributed by atoms with Gasteiger partial charge in [-0.1, -0.05) is 25.4 Å². The summed E-state index contributed by atoms with van der Waals surface area (Å²) in [5, 5.41) is 11.0. The first kappa shape index (κ1) is 21.2. The zero-order valence-electron chi connectivity index (χ0n) is 18.7. The second-order valence-corrected chi connectivity index (χ2v) is 10.7. The highest BCUT2D eigenvalue weighted by atomic mass is 35.5. The summed E-state index contributed by atoms with van der Waals surface area (Å²) in [6.07, 6.45) is 7.18. The molecule has 0 aromatic carbocycles. The van der Waals surface area contributed by atoms with Crippen LogP contribution >= 0.6 is 11.6 Å². The average molecular weight is 457 g/mol. The van der Waals surface area contributed by atoms with Crippen molar-refractivity contribution in [3.63, 3.8) is 0 Å². The Kier molecular flexibility index (Phi) is 4.96. The van der Waals surface area contributed by atoms with Crippen molar-refractivity contribution in [2.24, 2.45) is 10.8 Å². The van der Waals surface area contributed by atoms with Gasteiger partial charge in [0.25, 0.3) is 0 Å². The van der Waals surface area contributed by atoms with Crippen molar-refractivity contribution in [2.45, 2.75) is 59.0 Å². The van der Waals surface area contributed by atoms with Gasteiger partial charge in [-0.25, -0.2) is 9.78 Å². The number of fused-ring (bicyclic) bond motifs is 1. The lowest BCUT2D eigenvalue weighted by molar-refractivity contribution is -0.130. The first-order chi connectivity index (χ1) is 15.2. The molecule has 5 rings (SSSR count). The normalized spacial score (nSPS) is 22.5. The number of halogens is 1. The van der Waals surface area contributed by atoms with Gasteiger partial charge < -0.3 is 10.2 Å². The maximum absolute atomic E-state index is 12.6. The van der Waals surface area contributed by atoms with Gasteiger partial charge in [0.1, 0.15) is 5.82 Å². The molecule has 1 spiro atoms. The third-order valence-corrected chi connectivity index (χ3v) is 7.56. The molecule has 0 unspecified atom stereocenters. The quantitative estimate of drug-likeness (QED) is 0.736. The van der Waals surface area contributed by atoms with Gasteiger partial charge in [0.15, 0.2) is 0 Å². The van der Waals surface area contributed by atoms with Crippen LogP contribution in [0.3, 0.4) is 0 Å². The summed E-state index contributed by atoms with van der Waals surface area (Å²) in [7, 11) is 0. The number of aromatic nitrogens is 3. The number of urea groups is 1. The third-order valence-electron chi connectivity index (χ3n) is 7.26. The average Bonchev–Trinajstić information content (AvgIpc) is 3.06. The molecule has 0 radical (unpaired) electrons. The largest absolute Gasteiger partial charge is 0.343 e. The van der Waals surface area contributed by atoms with Crippen LogP contribution in [0.5, 0.6) is 0 Å². The van der Waals surface area contributed by atoms with E-state index in [0.717, 1.165) is 62.1 Å². The molecule has 2 aromatic heterocycles. The van der Waals surface area contributed by atoms with Gasteiger partial charge in [-0.05, 0) is 42.6 Å². The Bertz CT molecular complexity index is 1090. The van der Waals surface area contributed by atoms with Crippen molar-refractivity contribution in [1.82, 2.24) is 25.0 Å². The number of hydrogen-bond donors (Lipinski definition) is 2. The number of hydrogen-bond acceptors (Lipinski definition) is 4. The third kappa shape index (κ3) is 3.85. The molecule has 2 aromatic rings. The van der Waals surface area contributed by atoms with E-state index < -0.39 is 0 Å². The summed E-state index contributed by atoms with van der Waals surface area (Å²) < 4.78 is 2.04. The fourth-order valence-electron chi connectivity index (χ4n) is 5.27. The maximum Gasteiger partial charge on any atom is 0.320 e. The van der Waals surface area contributed by atoms with Crippen molar-refractivity contribution >= 4 is 29.4 Å². The van der Waals surface area contributed by atoms with E-state index in [0.29, 0.717) is 10.8 Å². The van der Waals surface area contributed by atoms with E-state index in [1.807, 2.05) is 21.8 Å². The Morgan fingerprint density at radius 3 is 2.66 bits per heavy atom. The van der Waals surface area contributed by atoms with E-state index in [2.05, 4.69) is 34.6 Å². The highest BCUT2D eigenvalue weighted by molar-refractivity contribution is 6.33. The number of anilines is 1. The molecule has 2 N–H and O–H groups in total. The predicted octanol–water partition coefficient (Wildman–Crippen LogP) is 3.70. The van der Waals surface area contributed by atoms with Gasteiger partial charge in [-0.2, -0.15) is 5.10 Å². The summed E-state index contributed by atoms with van der Waals surface area (Å²) in [5.74, 6) is 0.584. The highest BCUT2D eigenvalue weighted by Crippen LogP contribution is 2.53. The van der Waals surface area contributed by atoms with Crippen LogP contribution < -0.4 is 10.6 Å². The molecule has 1 saturated carbocycles. The van der Waals surface area contributed by atoms with Crippen LogP contribution in [0.25, 0.3) is 11.1 Å². The summed E-state index contributed by atoms with van der Waals surface area (Å²) in [6.45, 7) is 8.48. The second-order valence-electron chi connectivity index (χ2n) is 10.3. The SMILES string of the molecule is CC(=O)N1CCC2(CC1)C[C@H]2NC(=O)Nc1cc(-c2cnn3c2CC(C)(C)C3)c(Cl)cn1. The van der Waals surface area contributed by atoms with Crippen LogP contribution in [-0.4, -0.2) is 50.7 Å². The smallest absolute Gasteiger partial charge is 0.320 e. The van der Waals surface area contributed by atoms with Gasteiger partial charge in [0, 0.05) is 55.6 Å². The lowest BCUT2D eigenvalue weighted by atomic mass is 9.89. The van der Waals surface area contributed by atoms with Crippen LogP contribution in [0.1, 0.15) is 45.7 Å². The van der Waals surface area contributed by atoms with E-state index in [9.17, 15) is 9.59 Å². The van der Waals surface area contributed by atoms with Gasteiger partial charge in [0.2, 0.25) is 5.91 Å². The number of pyridine rings is 1. The molecule has 32 heavy (non-hydrogen) atoms. The van der Waals surface area contributed by atoms with Gasteiger partial charge in [-0.15, -0.1) is 0 Å². The maximum atomic E-state index is 12.6. The number of nitrogens with one attached hydrogen (secondary N) is 2. The second kappa shape index (κ2) is 7.47. The molecule has 0 bridgehead atoms. The molecule has 3 amide bonds. The monoisotopic (exact) mass is 456 g/mol. The number of carbonyl (C=O) groups excluding carboxylic acids is 2. The summed E-state index contributed by atoms with van der Waals surface area (Å²) >= 11 is 6.47. The van der Waals surface area contributed by atoms with Gasteiger partial charge >= 0.3 is 6.03 Å². The van der Waals surface area contributed by atoms with Crippen molar-refractivity contribution in [2.75, 3.05) is 18.4 Å². The number of piperidine rings is 1. The highest BCUT2D eigenvalue weighted by Gasteiger charge is 2.55. The minimum Gasteiger partial charge on any atom is -0.343 e. The van der Waals surface area contributed by atoms with Crippen LogP contribution in [0.2, 0.25) is 5.02 Å². The minimum absolute atomic E-state index is 0.125. The van der Waals surface area contributed by atoms with Gasteiger partial charge in [-0.3, -0.25) is 14.8 Å². The molecule has 8 nitrogen and oxygen atoms in total. The molecule has 2 aliphatic heterocycles. The fourth-order valence-corrected chi connectivity index (χ4v) is 5.47. The topological polar surface area (TPSA) is 92.2 Å². The van der Waals surface area contributed by atoms with Crippen LogP contribution in [0.15, 0.2) is 18.5 Å². The van der Waals surface area contributed by atoms with E-state index in [4.69, 9.17) is 11.6 Å². The molecule has 170 valence electrons. The summed E-state index contributed by atoms with van der Waals surface area (Å²) in [6, 6.07) is 1.70. The van der Waals surface area contributed by atoms with Gasteiger partial charge in [0.05, 0.1) is 11.2 Å². The van der Waals surface area contributed by atoms with Crippen LogP contribution in [-0.2, 0) is 17.8 Å². The number of likely N-dealkylation sites (tertiary alicyclic amines) is 1. The molecule has 1 saturated heterocycles. The van der Waals surface area contributed by atoms with Crippen molar-refractivity contribution in [1.29, 1.82) is 0 Å². The van der Waals surface area contributed by atoms with E-state index in [-0.39, 0.29) is 28.8 Å².